The third kappa shape index (κ3) is 4.29. The molecular formula is C22H19F4N7O3. The van der Waals surface area contributed by atoms with Crippen molar-refractivity contribution in [2.45, 2.75) is 32.0 Å². The topological polar surface area (TPSA) is 122 Å². The number of anilines is 3. The molecule has 0 amide bonds. The summed E-state index contributed by atoms with van der Waals surface area (Å²) in [5.74, 6) is -2.90. The molecule has 0 spiro atoms. The summed E-state index contributed by atoms with van der Waals surface area (Å²) in [7, 11) is 0. The Hall–Kier alpha value is -4.23. The molecule has 5 rings (SSSR count). The average molecular weight is 505 g/mol. The van der Waals surface area contributed by atoms with Crippen LogP contribution in [-0.2, 0) is 6.18 Å². The van der Waals surface area contributed by atoms with Crippen molar-refractivity contribution in [1.82, 2.24) is 24.7 Å². The average Bonchev–Trinajstić information content (AvgIpc) is 3.46. The first-order valence-corrected chi connectivity index (χ1v) is 10.9. The van der Waals surface area contributed by atoms with Crippen molar-refractivity contribution in [2.75, 3.05) is 23.3 Å². The smallest absolute Gasteiger partial charge is 0.471 e. The number of carbonyl (C=O) groups is 1. The van der Waals surface area contributed by atoms with E-state index in [-0.39, 0.29) is 28.8 Å². The number of piperidine rings is 1. The fraction of sp³-hybridized carbons (Fsp3) is 0.318. The Bertz CT molecular complexity index is 1440. The van der Waals surface area contributed by atoms with Gasteiger partial charge < -0.3 is 24.4 Å². The Balaban J connectivity index is 1.36. The van der Waals surface area contributed by atoms with Gasteiger partial charge in [0, 0.05) is 31.0 Å². The normalized spacial score (nSPS) is 15.0. The fourth-order valence-corrected chi connectivity index (χ4v) is 4.28. The number of halogens is 4. The van der Waals surface area contributed by atoms with Gasteiger partial charge in [-0.05, 0) is 48.7 Å². The second kappa shape index (κ2) is 8.77. The van der Waals surface area contributed by atoms with Gasteiger partial charge in [-0.2, -0.15) is 18.2 Å². The Morgan fingerprint density at radius 3 is 2.61 bits per heavy atom. The highest BCUT2D eigenvalue weighted by Crippen LogP contribution is 2.34. The van der Waals surface area contributed by atoms with Crippen molar-refractivity contribution in [3.63, 3.8) is 0 Å². The monoisotopic (exact) mass is 505 g/mol. The maximum absolute atomic E-state index is 15.1. The van der Waals surface area contributed by atoms with E-state index in [0.717, 1.165) is 0 Å². The first-order chi connectivity index (χ1) is 17.1. The Morgan fingerprint density at radius 1 is 1.22 bits per heavy atom. The maximum Gasteiger partial charge on any atom is 0.471 e. The van der Waals surface area contributed by atoms with Gasteiger partial charge in [0.05, 0.1) is 10.9 Å². The molecule has 14 heteroatoms. The lowest BCUT2D eigenvalue weighted by Crippen LogP contribution is -2.35. The van der Waals surface area contributed by atoms with Crippen LogP contribution < -0.4 is 10.2 Å². The summed E-state index contributed by atoms with van der Waals surface area (Å²) < 4.78 is 59.3. The van der Waals surface area contributed by atoms with Gasteiger partial charge in [0.1, 0.15) is 17.8 Å². The zero-order valence-electron chi connectivity index (χ0n) is 18.8. The number of aryl methyl sites for hydroxylation is 1. The molecule has 188 valence electrons. The number of fused-ring (bicyclic) bond motifs is 1. The summed E-state index contributed by atoms with van der Waals surface area (Å²) >= 11 is 0. The molecule has 1 saturated heterocycles. The van der Waals surface area contributed by atoms with Gasteiger partial charge in [-0.15, -0.1) is 0 Å². The molecule has 0 saturated carbocycles. The van der Waals surface area contributed by atoms with Gasteiger partial charge in [0.2, 0.25) is 0 Å². The van der Waals surface area contributed by atoms with Crippen LogP contribution in [0.2, 0.25) is 0 Å². The summed E-state index contributed by atoms with van der Waals surface area (Å²) in [5, 5.41) is 15.8. The number of carboxylic acid groups (broad SMARTS) is 1. The SMILES string of the molecule is Cc1cc(C(=O)O)ccc1Nc1ncnc2c1c(F)cn2C1CCN(c2noc(C(F)(F)F)n2)CC1. The predicted molar refractivity (Wildman–Crippen MR) is 119 cm³/mol. The number of alkyl halides is 3. The number of benzene rings is 1. The number of aromatic nitrogens is 5. The highest BCUT2D eigenvalue weighted by molar-refractivity contribution is 5.91. The van der Waals surface area contributed by atoms with Crippen LogP contribution in [0.15, 0.2) is 35.2 Å². The first kappa shape index (κ1) is 23.5. The van der Waals surface area contributed by atoms with E-state index >= 15 is 4.39 Å². The molecule has 4 heterocycles. The van der Waals surface area contributed by atoms with Crippen LogP contribution in [0.1, 0.15) is 40.7 Å². The van der Waals surface area contributed by atoms with Gasteiger partial charge in [-0.1, -0.05) is 0 Å². The van der Waals surface area contributed by atoms with Crippen molar-refractivity contribution in [3.8, 4) is 0 Å². The number of nitrogens with zero attached hydrogens (tertiary/aromatic N) is 6. The minimum Gasteiger partial charge on any atom is -0.478 e. The Morgan fingerprint density at radius 2 is 1.97 bits per heavy atom. The summed E-state index contributed by atoms with van der Waals surface area (Å²) in [6, 6.07) is 4.35. The number of rotatable bonds is 5. The molecular weight excluding hydrogens is 486 g/mol. The van der Waals surface area contributed by atoms with E-state index in [1.165, 1.54) is 24.7 Å². The van der Waals surface area contributed by atoms with Crippen molar-refractivity contribution in [2.24, 2.45) is 0 Å². The minimum atomic E-state index is -4.71. The van der Waals surface area contributed by atoms with Crippen LogP contribution in [0.3, 0.4) is 0 Å². The highest BCUT2D eigenvalue weighted by atomic mass is 19.4. The summed E-state index contributed by atoms with van der Waals surface area (Å²) in [6.07, 6.45) is -1.10. The van der Waals surface area contributed by atoms with Crippen molar-refractivity contribution >= 4 is 34.5 Å². The summed E-state index contributed by atoms with van der Waals surface area (Å²) in [6.45, 7) is 2.41. The van der Waals surface area contributed by atoms with E-state index < -0.39 is 23.9 Å². The van der Waals surface area contributed by atoms with Crippen molar-refractivity contribution in [3.05, 3.63) is 53.6 Å². The molecule has 36 heavy (non-hydrogen) atoms. The van der Waals surface area contributed by atoms with Crippen LogP contribution in [0.25, 0.3) is 11.0 Å². The third-order valence-electron chi connectivity index (χ3n) is 6.09. The lowest BCUT2D eigenvalue weighted by atomic mass is 10.1. The quantitative estimate of drug-likeness (QED) is 0.376. The van der Waals surface area contributed by atoms with E-state index in [4.69, 9.17) is 5.11 Å². The van der Waals surface area contributed by atoms with Crippen LogP contribution in [0, 0.1) is 12.7 Å². The lowest BCUT2D eigenvalue weighted by molar-refractivity contribution is -0.159. The third-order valence-corrected chi connectivity index (χ3v) is 6.09. The predicted octanol–water partition coefficient (Wildman–Crippen LogP) is 4.56. The second-order valence-corrected chi connectivity index (χ2v) is 8.38. The summed E-state index contributed by atoms with van der Waals surface area (Å²) in [5.41, 5.74) is 1.70. The number of nitrogens with one attached hydrogen (secondary N) is 1. The molecule has 0 aliphatic carbocycles. The van der Waals surface area contributed by atoms with Gasteiger partial charge >= 0.3 is 18.0 Å². The molecule has 1 aliphatic heterocycles. The largest absolute Gasteiger partial charge is 0.478 e. The van der Waals surface area contributed by atoms with E-state index in [1.54, 1.807) is 22.5 Å². The molecule has 4 aromatic rings. The number of aromatic carboxylic acids is 1. The van der Waals surface area contributed by atoms with Gasteiger partial charge in [0.15, 0.2) is 5.82 Å². The fourth-order valence-electron chi connectivity index (χ4n) is 4.28. The zero-order valence-corrected chi connectivity index (χ0v) is 18.8. The second-order valence-electron chi connectivity index (χ2n) is 8.38. The molecule has 0 unspecified atom stereocenters. The Labute approximate surface area is 200 Å². The molecule has 2 N–H and O–H groups in total. The molecule has 0 bridgehead atoms. The standard InChI is InChI=1S/C22H19F4N7O3/c1-11-8-12(19(34)35)2-3-15(11)29-17-16-14(23)9-33(18(16)28-10-27-17)13-4-6-32(7-5-13)21-30-20(36-31-21)22(24,25)26/h2-3,8-10,13H,4-7H2,1H3,(H,34,35)(H,27,28,29). The molecule has 1 aromatic carbocycles. The van der Waals surface area contributed by atoms with Crippen LogP contribution >= 0.6 is 0 Å². The molecule has 3 aromatic heterocycles. The van der Waals surface area contributed by atoms with Crippen molar-refractivity contribution in [1.29, 1.82) is 0 Å². The molecule has 1 aliphatic rings. The summed E-state index contributed by atoms with van der Waals surface area (Å²) in [4.78, 5) is 24.6. The molecule has 1 fully saturated rings. The zero-order chi connectivity index (χ0) is 25.6. The molecule has 0 atom stereocenters. The number of hydrogen-bond donors (Lipinski definition) is 2. The lowest BCUT2D eigenvalue weighted by Gasteiger charge is -2.31. The van der Waals surface area contributed by atoms with Crippen LogP contribution in [0.4, 0.5) is 35.0 Å². The van der Waals surface area contributed by atoms with Crippen molar-refractivity contribution < 1.29 is 32.0 Å². The van der Waals surface area contributed by atoms with E-state index in [2.05, 4.69) is 29.9 Å². The van der Waals surface area contributed by atoms with E-state index in [9.17, 15) is 18.0 Å². The molecule has 10 nitrogen and oxygen atoms in total. The van der Waals surface area contributed by atoms with Crippen LogP contribution in [0.5, 0.6) is 0 Å². The first-order valence-electron chi connectivity index (χ1n) is 10.9. The van der Waals surface area contributed by atoms with E-state index in [1.807, 2.05) is 0 Å². The molecule has 0 radical (unpaired) electrons. The number of carboxylic acids is 1. The Kier molecular flexibility index (Phi) is 5.73. The maximum atomic E-state index is 15.1. The number of hydrogen-bond acceptors (Lipinski definition) is 8. The van der Waals surface area contributed by atoms with E-state index in [0.29, 0.717) is 42.8 Å². The van der Waals surface area contributed by atoms with Gasteiger partial charge in [-0.25, -0.2) is 19.2 Å². The highest BCUT2D eigenvalue weighted by Gasteiger charge is 2.39. The minimum absolute atomic E-state index is 0.130. The van der Waals surface area contributed by atoms with Crippen LogP contribution in [-0.4, -0.2) is 48.8 Å². The van der Waals surface area contributed by atoms with Gasteiger partial charge in [-0.3, -0.25) is 0 Å². The van der Waals surface area contributed by atoms with Gasteiger partial charge in [0.25, 0.3) is 5.95 Å².